The Morgan fingerprint density at radius 2 is 1.90 bits per heavy atom. The third kappa shape index (κ3) is 2.70. The summed E-state index contributed by atoms with van der Waals surface area (Å²) >= 11 is 0. The van der Waals surface area contributed by atoms with Crippen molar-refractivity contribution in [2.45, 2.75) is 4.90 Å². The second-order valence-electron chi connectivity index (χ2n) is 4.35. The summed E-state index contributed by atoms with van der Waals surface area (Å²) in [6, 6.07) is 7.71. The molecule has 1 aromatic carbocycles. The second-order valence-corrected chi connectivity index (χ2v) is 6.00. The topological polar surface area (TPSA) is 104 Å². The number of sulfonamides is 1. The van der Waals surface area contributed by atoms with E-state index in [9.17, 15) is 8.42 Å². The molecule has 2 heterocycles. The minimum absolute atomic E-state index is 0.0532. The minimum atomic E-state index is -3.80. The Kier molecular flexibility index (Phi) is 3.30. The molecule has 1 aliphatic heterocycles. The zero-order valence-corrected chi connectivity index (χ0v) is 11.8. The van der Waals surface area contributed by atoms with Gasteiger partial charge in [0, 0.05) is 12.3 Å². The zero-order valence-electron chi connectivity index (χ0n) is 10.9. The zero-order chi connectivity index (χ0) is 14.9. The summed E-state index contributed by atoms with van der Waals surface area (Å²) in [5, 5.41) is 0. The Bertz CT molecular complexity index is 777. The Hall–Kier alpha value is -2.48. The molecule has 0 saturated carbocycles. The van der Waals surface area contributed by atoms with Crippen LogP contribution >= 0.6 is 0 Å². The molecule has 0 saturated heterocycles. The van der Waals surface area contributed by atoms with Crippen LogP contribution in [0.25, 0.3) is 0 Å². The first-order valence-electron chi connectivity index (χ1n) is 6.19. The van der Waals surface area contributed by atoms with E-state index in [0.717, 1.165) is 0 Å². The molecule has 3 rings (SSSR count). The van der Waals surface area contributed by atoms with E-state index in [1.807, 2.05) is 0 Å². The Morgan fingerprint density at radius 1 is 1.14 bits per heavy atom. The lowest BCUT2D eigenvalue weighted by molar-refractivity contribution is 0.171. The molecule has 0 radical (unpaired) electrons. The van der Waals surface area contributed by atoms with E-state index in [2.05, 4.69) is 9.71 Å². The highest BCUT2D eigenvalue weighted by Gasteiger charge is 2.19. The highest BCUT2D eigenvalue weighted by atomic mass is 32.2. The molecule has 1 aromatic heterocycles. The molecule has 0 fully saturated rings. The van der Waals surface area contributed by atoms with Gasteiger partial charge in [-0.3, -0.25) is 4.72 Å². The fourth-order valence-electron chi connectivity index (χ4n) is 1.95. The van der Waals surface area contributed by atoms with Crippen LogP contribution in [-0.2, 0) is 10.0 Å². The van der Waals surface area contributed by atoms with E-state index in [1.165, 1.54) is 18.3 Å². The van der Waals surface area contributed by atoms with Gasteiger partial charge >= 0.3 is 0 Å². The summed E-state index contributed by atoms with van der Waals surface area (Å²) in [5.74, 6) is 1.04. The monoisotopic (exact) mass is 307 g/mol. The lowest BCUT2D eigenvalue weighted by Gasteiger charge is -2.19. The lowest BCUT2D eigenvalue weighted by Crippen LogP contribution is -2.17. The van der Waals surface area contributed by atoms with Gasteiger partial charge in [-0.1, -0.05) is 0 Å². The van der Waals surface area contributed by atoms with Crippen molar-refractivity contribution < 1.29 is 17.9 Å². The van der Waals surface area contributed by atoms with Crippen LogP contribution in [0.3, 0.4) is 0 Å². The number of nitrogen functional groups attached to an aromatic ring is 1. The van der Waals surface area contributed by atoms with E-state index >= 15 is 0 Å². The number of ether oxygens (including phenoxy) is 2. The molecular formula is C13H13N3O4S. The Labute approximate surface area is 121 Å². The van der Waals surface area contributed by atoms with Gasteiger partial charge in [-0.2, -0.15) is 0 Å². The van der Waals surface area contributed by atoms with Gasteiger partial charge < -0.3 is 15.2 Å². The van der Waals surface area contributed by atoms with Gasteiger partial charge in [0.1, 0.15) is 23.9 Å². The van der Waals surface area contributed by atoms with Crippen molar-refractivity contribution in [3.05, 3.63) is 36.5 Å². The van der Waals surface area contributed by atoms with Crippen LogP contribution < -0.4 is 19.9 Å². The van der Waals surface area contributed by atoms with Crippen LogP contribution in [0.1, 0.15) is 0 Å². The van der Waals surface area contributed by atoms with Gasteiger partial charge in [0.05, 0.1) is 5.69 Å². The van der Waals surface area contributed by atoms with E-state index in [0.29, 0.717) is 30.4 Å². The average molecular weight is 307 g/mol. The maximum atomic E-state index is 12.3. The van der Waals surface area contributed by atoms with Crippen LogP contribution in [0.5, 0.6) is 11.5 Å². The summed E-state index contributed by atoms with van der Waals surface area (Å²) < 4.78 is 37.8. The average Bonchev–Trinajstić information content (AvgIpc) is 2.47. The summed E-state index contributed by atoms with van der Waals surface area (Å²) in [4.78, 5) is 3.70. The van der Waals surface area contributed by atoms with Gasteiger partial charge in [-0.25, -0.2) is 13.4 Å². The van der Waals surface area contributed by atoms with Gasteiger partial charge in [-0.15, -0.1) is 0 Å². The van der Waals surface area contributed by atoms with Crippen LogP contribution in [0, 0.1) is 0 Å². The summed E-state index contributed by atoms with van der Waals surface area (Å²) in [6.45, 7) is 0.906. The maximum absolute atomic E-state index is 12.3. The molecule has 21 heavy (non-hydrogen) atoms. The molecule has 2 aromatic rings. The molecular weight excluding hydrogens is 294 g/mol. The standard InChI is InChI=1S/C13H13N3O4S/c14-13-12(2-1-5-15-13)21(17,18)16-9-3-4-10-11(8-9)20-7-6-19-10/h1-5,8,16H,6-7H2,(H2,14,15). The van der Waals surface area contributed by atoms with Crippen molar-refractivity contribution in [1.29, 1.82) is 0 Å². The first-order chi connectivity index (χ1) is 10.1. The third-order valence-corrected chi connectivity index (χ3v) is 4.31. The number of rotatable bonds is 3. The highest BCUT2D eigenvalue weighted by molar-refractivity contribution is 7.92. The van der Waals surface area contributed by atoms with Crippen LogP contribution in [-0.4, -0.2) is 26.6 Å². The first kappa shape index (κ1) is 13.5. The van der Waals surface area contributed by atoms with Crippen molar-refractivity contribution in [1.82, 2.24) is 4.98 Å². The van der Waals surface area contributed by atoms with E-state index in [1.54, 1.807) is 18.2 Å². The predicted octanol–water partition coefficient (Wildman–Crippen LogP) is 1.24. The number of nitrogens with two attached hydrogens (primary N) is 1. The molecule has 3 N–H and O–H groups in total. The molecule has 0 unspecified atom stereocenters. The number of nitrogens with zero attached hydrogens (tertiary/aromatic N) is 1. The number of hydrogen-bond donors (Lipinski definition) is 2. The number of fused-ring (bicyclic) bond motifs is 1. The fourth-order valence-corrected chi connectivity index (χ4v) is 3.08. The first-order valence-corrected chi connectivity index (χ1v) is 7.67. The van der Waals surface area contributed by atoms with Crippen molar-refractivity contribution in [3.63, 3.8) is 0 Å². The summed E-state index contributed by atoms with van der Waals surface area (Å²) in [6.07, 6.45) is 1.43. The van der Waals surface area contributed by atoms with E-state index in [4.69, 9.17) is 15.2 Å². The minimum Gasteiger partial charge on any atom is -0.486 e. The maximum Gasteiger partial charge on any atom is 0.265 e. The van der Waals surface area contributed by atoms with Gasteiger partial charge in [0.15, 0.2) is 11.5 Å². The van der Waals surface area contributed by atoms with E-state index in [-0.39, 0.29) is 10.7 Å². The normalized spacial score (nSPS) is 13.7. The number of aromatic nitrogens is 1. The molecule has 7 nitrogen and oxygen atoms in total. The number of hydrogen-bond acceptors (Lipinski definition) is 6. The van der Waals surface area contributed by atoms with Crippen LogP contribution in [0.4, 0.5) is 11.5 Å². The van der Waals surface area contributed by atoms with Crippen LogP contribution in [0.2, 0.25) is 0 Å². The van der Waals surface area contributed by atoms with Crippen molar-refractivity contribution in [2.75, 3.05) is 23.7 Å². The quantitative estimate of drug-likeness (QED) is 0.884. The molecule has 8 heteroatoms. The van der Waals surface area contributed by atoms with Gasteiger partial charge in [0.25, 0.3) is 10.0 Å². The second kappa shape index (κ2) is 5.13. The third-order valence-electron chi connectivity index (χ3n) is 2.88. The molecule has 1 aliphatic rings. The summed E-state index contributed by atoms with van der Waals surface area (Å²) in [7, 11) is -3.80. The Morgan fingerprint density at radius 3 is 2.67 bits per heavy atom. The number of benzene rings is 1. The molecule has 0 bridgehead atoms. The van der Waals surface area contributed by atoms with Crippen molar-refractivity contribution >= 4 is 21.5 Å². The highest BCUT2D eigenvalue weighted by Crippen LogP contribution is 2.33. The molecule has 0 spiro atoms. The molecule has 0 atom stereocenters. The molecule has 110 valence electrons. The number of nitrogens with one attached hydrogen (secondary N) is 1. The fraction of sp³-hybridized carbons (Fsp3) is 0.154. The van der Waals surface area contributed by atoms with E-state index < -0.39 is 10.0 Å². The van der Waals surface area contributed by atoms with Crippen molar-refractivity contribution in [2.24, 2.45) is 0 Å². The van der Waals surface area contributed by atoms with Gasteiger partial charge in [0.2, 0.25) is 0 Å². The van der Waals surface area contributed by atoms with Gasteiger partial charge in [-0.05, 0) is 24.3 Å². The van der Waals surface area contributed by atoms with Crippen molar-refractivity contribution in [3.8, 4) is 11.5 Å². The largest absolute Gasteiger partial charge is 0.486 e. The SMILES string of the molecule is Nc1ncccc1S(=O)(=O)Nc1ccc2c(c1)OCCO2. The Balaban J connectivity index is 1.91. The summed E-state index contributed by atoms with van der Waals surface area (Å²) in [5.41, 5.74) is 5.96. The smallest absolute Gasteiger partial charge is 0.265 e. The van der Waals surface area contributed by atoms with Crippen LogP contribution in [0.15, 0.2) is 41.4 Å². The number of anilines is 2. The lowest BCUT2D eigenvalue weighted by atomic mass is 10.3. The number of pyridine rings is 1. The molecule has 0 aliphatic carbocycles. The molecule has 0 amide bonds. The predicted molar refractivity (Wildman–Crippen MR) is 76.9 cm³/mol.